The van der Waals surface area contributed by atoms with Gasteiger partial charge in [0.1, 0.15) is 0 Å². The first-order valence-corrected chi connectivity index (χ1v) is 11.6. The Kier molecular flexibility index (Phi) is 8.10. The van der Waals surface area contributed by atoms with Gasteiger partial charge < -0.3 is 15.5 Å². The molecule has 2 aromatic carbocycles. The highest BCUT2D eigenvalue weighted by molar-refractivity contribution is 6.06. The summed E-state index contributed by atoms with van der Waals surface area (Å²) in [6.07, 6.45) is 6.48. The maximum absolute atomic E-state index is 13.0. The summed E-state index contributed by atoms with van der Waals surface area (Å²) in [5.41, 5.74) is 4.07. The minimum atomic E-state index is -0.163. The molecule has 2 aromatic rings. The second-order valence-electron chi connectivity index (χ2n) is 8.46. The lowest BCUT2D eigenvalue weighted by atomic mass is 10.1. The highest BCUT2D eigenvalue weighted by Gasteiger charge is 2.21. The third-order valence-electron chi connectivity index (χ3n) is 5.97. The second kappa shape index (κ2) is 11.0. The van der Waals surface area contributed by atoms with Crippen LogP contribution in [0.2, 0.25) is 0 Å². The molecule has 1 saturated heterocycles. The Bertz CT molecular complexity index is 886. The molecule has 1 aliphatic heterocycles. The van der Waals surface area contributed by atoms with Crippen LogP contribution in [0.5, 0.6) is 0 Å². The van der Waals surface area contributed by atoms with Crippen molar-refractivity contribution in [1.29, 1.82) is 0 Å². The van der Waals surface area contributed by atoms with E-state index in [9.17, 15) is 9.59 Å². The lowest BCUT2D eigenvalue weighted by Crippen LogP contribution is -2.33. The molecule has 0 spiro atoms. The maximum atomic E-state index is 13.0. The van der Waals surface area contributed by atoms with Crippen LogP contribution >= 0.6 is 0 Å². The Morgan fingerprint density at radius 1 is 1.00 bits per heavy atom. The number of carbonyl (C=O) groups excluding carboxylic acids is 2. The molecule has 5 nitrogen and oxygen atoms in total. The molecule has 5 heteroatoms. The van der Waals surface area contributed by atoms with Crippen molar-refractivity contribution in [2.45, 2.75) is 65.3 Å². The lowest BCUT2D eigenvalue weighted by Gasteiger charge is -2.23. The number of anilines is 2. The minimum absolute atomic E-state index is 0.0902. The molecular formula is C26H35N3O2. The van der Waals surface area contributed by atoms with Crippen molar-refractivity contribution in [3.8, 4) is 0 Å². The van der Waals surface area contributed by atoms with E-state index in [-0.39, 0.29) is 17.9 Å². The number of hydrogen-bond acceptors (Lipinski definition) is 3. The SMILES string of the molecule is CCCCc1ccc(C(=O)Nc2ccc(N3CCCC3)c(C(=O)NC(C)CC)c2)cc1. The Hall–Kier alpha value is -2.82. The van der Waals surface area contributed by atoms with Crippen LogP contribution in [0.15, 0.2) is 42.5 Å². The van der Waals surface area contributed by atoms with Crippen LogP contribution in [0, 0.1) is 0 Å². The number of nitrogens with one attached hydrogen (secondary N) is 2. The molecule has 0 aliphatic carbocycles. The van der Waals surface area contributed by atoms with Gasteiger partial charge in [0.15, 0.2) is 0 Å². The molecule has 0 radical (unpaired) electrons. The molecule has 2 N–H and O–H groups in total. The van der Waals surface area contributed by atoms with E-state index in [1.807, 2.05) is 43.3 Å². The predicted molar refractivity (Wildman–Crippen MR) is 128 cm³/mol. The van der Waals surface area contributed by atoms with Gasteiger partial charge in [0.05, 0.1) is 5.56 Å². The summed E-state index contributed by atoms with van der Waals surface area (Å²) in [5, 5.41) is 6.03. The monoisotopic (exact) mass is 421 g/mol. The fourth-order valence-corrected chi connectivity index (χ4v) is 3.84. The number of amides is 2. The molecule has 1 atom stereocenters. The van der Waals surface area contributed by atoms with E-state index in [4.69, 9.17) is 0 Å². The van der Waals surface area contributed by atoms with Gasteiger partial charge in [-0.25, -0.2) is 0 Å². The average molecular weight is 422 g/mol. The number of benzene rings is 2. The predicted octanol–water partition coefficient (Wildman–Crippen LogP) is 5.41. The molecule has 31 heavy (non-hydrogen) atoms. The first-order valence-electron chi connectivity index (χ1n) is 11.6. The van der Waals surface area contributed by atoms with Crippen molar-refractivity contribution in [2.75, 3.05) is 23.3 Å². The Morgan fingerprint density at radius 3 is 2.35 bits per heavy atom. The topological polar surface area (TPSA) is 61.4 Å². The number of unbranched alkanes of at least 4 members (excludes halogenated alkanes) is 1. The molecule has 0 aromatic heterocycles. The van der Waals surface area contributed by atoms with Crippen LogP contribution in [0.4, 0.5) is 11.4 Å². The molecule has 0 bridgehead atoms. The Labute approximate surface area is 186 Å². The lowest BCUT2D eigenvalue weighted by molar-refractivity contribution is 0.0938. The molecule has 1 unspecified atom stereocenters. The van der Waals surface area contributed by atoms with Crippen molar-refractivity contribution in [3.63, 3.8) is 0 Å². The average Bonchev–Trinajstić information content (AvgIpc) is 3.32. The van der Waals surface area contributed by atoms with E-state index in [2.05, 4.69) is 29.4 Å². The van der Waals surface area contributed by atoms with Crippen molar-refractivity contribution in [1.82, 2.24) is 5.32 Å². The van der Waals surface area contributed by atoms with Crippen LogP contribution in [-0.2, 0) is 6.42 Å². The van der Waals surface area contributed by atoms with Crippen molar-refractivity contribution >= 4 is 23.2 Å². The summed E-state index contributed by atoms with van der Waals surface area (Å²) in [5.74, 6) is -0.253. The van der Waals surface area contributed by atoms with Gasteiger partial charge >= 0.3 is 0 Å². The molecule has 166 valence electrons. The second-order valence-corrected chi connectivity index (χ2v) is 8.46. The fourth-order valence-electron chi connectivity index (χ4n) is 3.84. The van der Waals surface area contributed by atoms with Gasteiger partial charge in [0.25, 0.3) is 11.8 Å². The van der Waals surface area contributed by atoms with Gasteiger partial charge in [-0.1, -0.05) is 32.4 Å². The smallest absolute Gasteiger partial charge is 0.255 e. The third-order valence-corrected chi connectivity index (χ3v) is 5.97. The molecule has 3 rings (SSSR count). The Morgan fingerprint density at radius 2 is 1.71 bits per heavy atom. The van der Waals surface area contributed by atoms with Gasteiger partial charge in [-0.2, -0.15) is 0 Å². The van der Waals surface area contributed by atoms with E-state index in [0.717, 1.165) is 57.3 Å². The van der Waals surface area contributed by atoms with Gasteiger partial charge in [-0.05, 0) is 74.9 Å². The van der Waals surface area contributed by atoms with Gasteiger partial charge in [-0.15, -0.1) is 0 Å². The summed E-state index contributed by atoms with van der Waals surface area (Å²) < 4.78 is 0. The van der Waals surface area contributed by atoms with Crippen LogP contribution in [0.3, 0.4) is 0 Å². The van der Waals surface area contributed by atoms with Crippen LogP contribution in [0.1, 0.15) is 79.2 Å². The van der Waals surface area contributed by atoms with Gasteiger partial charge in [0.2, 0.25) is 0 Å². The zero-order valence-electron chi connectivity index (χ0n) is 19.0. The highest BCUT2D eigenvalue weighted by atomic mass is 16.2. The molecule has 0 saturated carbocycles. The zero-order chi connectivity index (χ0) is 22.2. The summed E-state index contributed by atoms with van der Waals surface area (Å²) in [4.78, 5) is 28.0. The zero-order valence-corrected chi connectivity index (χ0v) is 19.0. The largest absolute Gasteiger partial charge is 0.371 e. The fraction of sp³-hybridized carbons (Fsp3) is 0.462. The van der Waals surface area contributed by atoms with E-state index in [0.29, 0.717) is 16.8 Å². The first kappa shape index (κ1) is 22.9. The molecule has 1 aliphatic rings. The summed E-state index contributed by atoms with van der Waals surface area (Å²) >= 11 is 0. The van der Waals surface area contributed by atoms with Crippen LogP contribution in [0.25, 0.3) is 0 Å². The number of nitrogens with zero attached hydrogens (tertiary/aromatic N) is 1. The number of carbonyl (C=O) groups is 2. The van der Waals surface area contributed by atoms with Crippen molar-refractivity contribution in [2.24, 2.45) is 0 Å². The van der Waals surface area contributed by atoms with Crippen LogP contribution < -0.4 is 15.5 Å². The summed E-state index contributed by atoms with van der Waals surface area (Å²) in [6.45, 7) is 8.15. The van der Waals surface area contributed by atoms with Crippen molar-refractivity contribution in [3.05, 3.63) is 59.2 Å². The number of rotatable bonds is 9. The van der Waals surface area contributed by atoms with Gasteiger partial charge in [0, 0.05) is 36.1 Å². The maximum Gasteiger partial charge on any atom is 0.255 e. The van der Waals surface area contributed by atoms with E-state index >= 15 is 0 Å². The molecular weight excluding hydrogens is 386 g/mol. The summed E-state index contributed by atoms with van der Waals surface area (Å²) in [6, 6.07) is 13.5. The van der Waals surface area contributed by atoms with Crippen LogP contribution in [-0.4, -0.2) is 30.9 Å². The number of aryl methyl sites for hydroxylation is 1. The normalized spacial score (nSPS) is 14.4. The first-order chi connectivity index (χ1) is 15.0. The van der Waals surface area contributed by atoms with E-state index in [1.165, 1.54) is 5.56 Å². The molecule has 1 fully saturated rings. The molecule has 1 heterocycles. The standard InChI is InChI=1S/C26H35N3O2/c1-4-6-9-20-10-12-21(13-11-20)25(30)28-22-14-15-24(29-16-7-8-17-29)23(18-22)26(31)27-19(3)5-2/h10-15,18-19H,4-9,16-17H2,1-3H3,(H,27,31)(H,28,30). The van der Waals surface area contributed by atoms with Crippen molar-refractivity contribution < 1.29 is 9.59 Å². The third kappa shape index (κ3) is 6.09. The Balaban J connectivity index is 1.78. The minimum Gasteiger partial charge on any atom is -0.371 e. The van der Waals surface area contributed by atoms with E-state index in [1.54, 1.807) is 6.07 Å². The number of hydrogen-bond donors (Lipinski definition) is 2. The van der Waals surface area contributed by atoms with Gasteiger partial charge in [-0.3, -0.25) is 9.59 Å². The summed E-state index contributed by atoms with van der Waals surface area (Å²) in [7, 11) is 0. The quantitative estimate of drug-likeness (QED) is 0.569. The van der Waals surface area contributed by atoms with E-state index < -0.39 is 0 Å². The molecule has 2 amide bonds. The highest BCUT2D eigenvalue weighted by Crippen LogP contribution is 2.28.